The SMILES string of the molecule is COc1ccc(CNc2ccc(CN3CCOC(CO)C3)cc2)cc1. The summed E-state index contributed by atoms with van der Waals surface area (Å²) in [5.74, 6) is 0.875. The predicted molar refractivity (Wildman–Crippen MR) is 98.9 cm³/mol. The van der Waals surface area contributed by atoms with Crippen LogP contribution in [0, 0.1) is 0 Å². The van der Waals surface area contributed by atoms with Crippen LogP contribution in [0.4, 0.5) is 5.69 Å². The number of ether oxygens (including phenoxy) is 2. The Kier molecular flexibility index (Phi) is 6.28. The van der Waals surface area contributed by atoms with Gasteiger partial charge in [0.1, 0.15) is 5.75 Å². The lowest BCUT2D eigenvalue weighted by Gasteiger charge is -2.32. The lowest BCUT2D eigenvalue weighted by molar-refractivity contribution is -0.0551. The zero-order chi connectivity index (χ0) is 17.5. The molecule has 0 saturated carbocycles. The van der Waals surface area contributed by atoms with E-state index >= 15 is 0 Å². The van der Waals surface area contributed by atoms with Gasteiger partial charge in [-0.15, -0.1) is 0 Å². The first kappa shape index (κ1) is 17.7. The average molecular weight is 342 g/mol. The third-order valence-electron chi connectivity index (χ3n) is 4.44. The van der Waals surface area contributed by atoms with Crippen molar-refractivity contribution in [1.29, 1.82) is 0 Å². The summed E-state index contributed by atoms with van der Waals surface area (Å²) in [6.07, 6.45) is -0.0563. The van der Waals surface area contributed by atoms with Crippen LogP contribution in [0.15, 0.2) is 48.5 Å². The van der Waals surface area contributed by atoms with Crippen LogP contribution in [0.2, 0.25) is 0 Å². The van der Waals surface area contributed by atoms with Gasteiger partial charge >= 0.3 is 0 Å². The molecule has 1 fully saturated rings. The maximum absolute atomic E-state index is 9.23. The molecule has 1 saturated heterocycles. The molecule has 1 aliphatic heterocycles. The molecule has 0 bridgehead atoms. The molecule has 0 amide bonds. The highest BCUT2D eigenvalue weighted by atomic mass is 16.5. The highest BCUT2D eigenvalue weighted by Gasteiger charge is 2.19. The van der Waals surface area contributed by atoms with Gasteiger partial charge in [-0.1, -0.05) is 24.3 Å². The molecular formula is C20H26N2O3. The van der Waals surface area contributed by atoms with Crippen molar-refractivity contribution in [3.63, 3.8) is 0 Å². The van der Waals surface area contributed by atoms with Crippen LogP contribution in [0.25, 0.3) is 0 Å². The van der Waals surface area contributed by atoms with Gasteiger partial charge in [-0.3, -0.25) is 4.90 Å². The number of aliphatic hydroxyl groups excluding tert-OH is 1. The number of hydrogen-bond donors (Lipinski definition) is 2. The molecule has 0 aromatic heterocycles. The van der Waals surface area contributed by atoms with Crippen LogP contribution in [0.5, 0.6) is 5.75 Å². The van der Waals surface area contributed by atoms with Crippen LogP contribution < -0.4 is 10.1 Å². The minimum atomic E-state index is -0.0563. The fraction of sp³-hybridized carbons (Fsp3) is 0.400. The second-order valence-electron chi connectivity index (χ2n) is 6.31. The molecular weight excluding hydrogens is 316 g/mol. The van der Waals surface area contributed by atoms with E-state index in [0.717, 1.165) is 37.6 Å². The Morgan fingerprint density at radius 3 is 2.52 bits per heavy atom. The van der Waals surface area contributed by atoms with Crippen molar-refractivity contribution in [3.05, 3.63) is 59.7 Å². The number of nitrogens with one attached hydrogen (secondary N) is 1. The van der Waals surface area contributed by atoms with Crippen molar-refractivity contribution in [3.8, 4) is 5.75 Å². The molecule has 134 valence electrons. The van der Waals surface area contributed by atoms with E-state index in [2.05, 4.69) is 46.6 Å². The van der Waals surface area contributed by atoms with Gasteiger partial charge in [0.25, 0.3) is 0 Å². The minimum absolute atomic E-state index is 0.0563. The summed E-state index contributed by atoms with van der Waals surface area (Å²) in [7, 11) is 1.68. The largest absolute Gasteiger partial charge is 0.497 e. The number of nitrogens with zero attached hydrogens (tertiary/aromatic N) is 1. The molecule has 2 aromatic rings. The summed E-state index contributed by atoms with van der Waals surface area (Å²) in [4.78, 5) is 2.32. The monoisotopic (exact) mass is 342 g/mol. The number of benzene rings is 2. The summed E-state index contributed by atoms with van der Waals surface area (Å²) in [5.41, 5.74) is 3.59. The van der Waals surface area contributed by atoms with E-state index in [-0.39, 0.29) is 12.7 Å². The Balaban J connectivity index is 1.49. The highest BCUT2D eigenvalue weighted by Crippen LogP contribution is 2.16. The van der Waals surface area contributed by atoms with Crippen LogP contribution in [-0.4, -0.2) is 49.5 Å². The molecule has 1 heterocycles. The average Bonchev–Trinajstić information content (AvgIpc) is 2.68. The summed E-state index contributed by atoms with van der Waals surface area (Å²) in [6, 6.07) is 16.6. The van der Waals surface area contributed by atoms with E-state index in [1.165, 1.54) is 11.1 Å². The number of aliphatic hydroxyl groups is 1. The fourth-order valence-corrected chi connectivity index (χ4v) is 2.97. The molecule has 5 heteroatoms. The lowest BCUT2D eigenvalue weighted by Crippen LogP contribution is -2.43. The van der Waals surface area contributed by atoms with E-state index in [9.17, 15) is 5.11 Å². The first-order valence-corrected chi connectivity index (χ1v) is 8.67. The summed E-state index contributed by atoms with van der Waals surface area (Å²) in [5, 5.41) is 12.7. The van der Waals surface area contributed by atoms with Crippen molar-refractivity contribution >= 4 is 5.69 Å². The maximum Gasteiger partial charge on any atom is 0.118 e. The molecule has 5 nitrogen and oxygen atoms in total. The van der Waals surface area contributed by atoms with Crippen molar-refractivity contribution in [2.45, 2.75) is 19.2 Å². The van der Waals surface area contributed by atoms with Crippen molar-refractivity contribution in [2.75, 3.05) is 38.7 Å². The van der Waals surface area contributed by atoms with Gasteiger partial charge in [0, 0.05) is 31.9 Å². The van der Waals surface area contributed by atoms with Gasteiger partial charge in [0.2, 0.25) is 0 Å². The Morgan fingerprint density at radius 1 is 1.12 bits per heavy atom. The molecule has 25 heavy (non-hydrogen) atoms. The van der Waals surface area contributed by atoms with E-state index in [4.69, 9.17) is 9.47 Å². The van der Waals surface area contributed by atoms with Gasteiger partial charge in [-0.2, -0.15) is 0 Å². The normalized spacial score (nSPS) is 18.1. The molecule has 3 rings (SSSR count). The van der Waals surface area contributed by atoms with Crippen molar-refractivity contribution in [1.82, 2.24) is 4.90 Å². The predicted octanol–water partition coefficient (Wildman–Crippen LogP) is 2.50. The van der Waals surface area contributed by atoms with Crippen LogP contribution in [0.3, 0.4) is 0 Å². The van der Waals surface area contributed by atoms with Crippen LogP contribution in [0.1, 0.15) is 11.1 Å². The van der Waals surface area contributed by atoms with E-state index < -0.39 is 0 Å². The first-order chi connectivity index (χ1) is 12.3. The molecule has 1 atom stereocenters. The standard InChI is InChI=1S/C20H26N2O3/c1-24-19-8-4-16(5-9-19)12-21-18-6-2-17(3-7-18)13-22-10-11-25-20(14-22)15-23/h2-9,20-21,23H,10-15H2,1H3. The summed E-state index contributed by atoms with van der Waals surface area (Å²) >= 11 is 0. The van der Waals surface area contributed by atoms with E-state index in [0.29, 0.717) is 6.61 Å². The second kappa shape index (κ2) is 8.85. The third kappa shape index (κ3) is 5.19. The quantitative estimate of drug-likeness (QED) is 0.810. The lowest BCUT2D eigenvalue weighted by atomic mass is 10.1. The van der Waals surface area contributed by atoms with Gasteiger partial charge in [-0.25, -0.2) is 0 Å². The molecule has 0 spiro atoms. The van der Waals surface area contributed by atoms with Crippen LogP contribution >= 0.6 is 0 Å². The Labute approximate surface area is 149 Å². The molecule has 0 radical (unpaired) electrons. The Morgan fingerprint density at radius 2 is 1.84 bits per heavy atom. The third-order valence-corrected chi connectivity index (χ3v) is 4.44. The molecule has 0 aliphatic carbocycles. The maximum atomic E-state index is 9.23. The topological polar surface area (TPSA) is 54.0 Å². The molecule has 2 N–H and O–H groups in total. The Bertz CT molecular complexity index is 643. The Hall–Kier alpha value is -2.08. The zero-order valence-electron chi connectivity index (χ0n) is 14.6. The molecule has 1 aliphatic rings. The number of hydrogen-bond acceptors (Lipinski definition) is 5. The minimum Gasteiger partial charge on any atom is -0.497 e. The first-order valence-electron chi connectivity index (χ1n) is 8.67. The second-order valence-corrected chi connectivity index (χ2v) is 6.31. The number of methoxy groups -OCH3 is 1. The summed E-state index contributed by atoms with van der Waals surface area (Å²) in [6.45, 7) is 4.14. The summed E-state index contributed by atoms with van der Waals surface area (Å²) < 4.78 is 10.7. The van der Waals surface area contributed by atoms with E-state index in [1.54, 1.807) is 7.11 Å². The van der Waals surface area contributed by atoms with Crippen molar-refractivity contribution < 1.29 is 14.6 Å². The van der Waals surface area contributed by atoms with Crippen molar-refractivity contribution in [2.24, 2.45) is 0 Å². The fourth-order valence-electron chi connectivity index (χ4n) is 2.97. The smallest absolute Gasteiger partial charge is 0.118 e. The van der Waals surface area contributed by atoms with Crippen LogP contribution in [-0.2, 0) is 17.8 Å². The highest BCUT2D eigenvalue weighted by molar-refractivity contribution is 5.45. The van der Waals surface area contributed by atoms with Gasteiger partial charge in [0.05, 0.1) is 26.4 Å². The zero-order valence-corrected chi connectivity index (χ0v) is 14.6. The van der Waals surface area contributed by atoms with E-state index in [1.807, 2.05) is 12.1 Å². The van der Waals surface area contributed by atoms with Gasteiger partial charge in [0.15, 0.2) is 0 Å². The number of morpholine rings is 1. The molecule has 2 aromatic carbocycles. The molecule has 1 unspecified atom stereocenters. The van der Waals surface area contributed by atoms with Gasteiger partial charge < -0.3 is 19.9 Å². The number of anilines is 1. The van der Waals surface area contributed by atoms with Gasteiger partial charge in [-0.05, 0) is 35.4 Å². The number of rotatable bonds is 7.